The number of likely N-dealkylation sites (N-methyl/N-ethyl adjacent to an activating group) is 1. The van der Waals surface area contributed by atoms with E-state index in [4.69, 9.17) is 11.6 Å². The number of nitrogens with one attached hydrogen (secondary N) is 2. The van der Waals surface area contributed by atoms with Gasteiger partial charge in [-0.3, -0.25) is 4.79 Å². The lowest BCUT2D eigenvalue weighted by molar-refractivity contribution is -0.127. The van der Waals surface area contributed by atoms with Crippen molar-refractivity contribution in [1.29, 1.82) is 0 Å². The fourth-order valence-electron chi connectivity index (χ4n) is 1.66. The largest absolute Gasteiger partial charge is 0.356 e. The number of carbonyl (C=O) groups excluding carboxylic acids is 1. The zero-order valence-corrected chi connectivity index (χ0v) is 20.3. The van der Waals surface area contributed by atoms with E-state index in [-0.39, 0.29) is 36.4 Å². The van der Waals surface area contributed by atoms with Gasteiger partial charge in [0.1, 0.15) is 6.54 Å². The molecule has 1 atom stereocenters. The van der Waals surface area contributed by atoms with E-state index in [2.05, 4.69) is 28.8 Å². The number of carbonyl (C=O) groups is 1. The second-order valence-corrected chi connectivity index (χ2v) is 8.49. The molecule has 26 heavy (non-hydrogen) atoms. The number of halogens is 2. The third-order valence-electron chi connectivity index (χ3n) is 3.31. The van der Waals surface area contributed by atoms with Crippen molar-refractivity contribution >= 4 is 71.0 Å². The molecule has 1 unspecified atom stereocenters. The molecule has 1 aromatic rings. The standard InChI is InChI=1S/C17H27ClN4OS2.HI/c1-13(24-4)11-20-17(21-12-16(23)22(2)3)19-9-10-25-15-7-5-14(18)6-8-15;/h5-8,13H,9-12H2,1-4H3,(H2,19,20,21);1H. The third kappa shape index (κ3) is 11.4. The van der Waals surface area contributed by atoms with Crippen LogP contribution in [0.4, 0.5) is 0 Å². The smallest absolute Gasteiger partial charge is 0.243 e. The van der Waals surface area contributed by atoms with Gasteiger partial charge in [0.05, 0.1) is 0 Å². The van der Waals surface area contributed by atoms with Crippen LogP contribution in [0, 0.1) is 0 Å². The summed E-state index contributed by atoms with van der Waals surface area (Å²) < 4.78 is 0. The van der Waals surface area contributed by atoms with Crippen molar-refractivity contribution in [3.05, 3.63) is 29.3 Å². The molecule has 0 aromatic heterocycles. The van der Waals surface area contributed by atoms with Gasteiger partial charge in [-0.15, -0.1) is 35.7 Å². The maximum atomic E-state index is 11.7. The van der Waals surface area contributed by atoms with Gasteiger partial charge in [0, 0.05) is 48.1 Å². The lowest BCUT2D eigenvalue weighted by atomic mass is 10.4. The molecule has 1 aromatic carbocycles. The van der Waals surface area contributed by atoms with Crippen LogP contribution >= 0.6 is 59.1 Å². The maximum absolute atomic E-state index is 11.7. The number of amides is 1. The van der Waals surface area contributed by atoms with Crippen LogP contribution in [0.3, 0.4) is 0 Å². The van der Waals surface area contributed by atoms with E-state index < -0.39 is 0 Å². The molecule has 0 fully saturated rings. The van der Waals surface area contributed by atoms with Gasteiger partial charge in [0.2, 0.25) is 5.91 Å². The Balaban J connectivity index is 0.00000625. The first-order chi connectivity index (χ1) is 11.9. The maximum Gasteiger partial charge on any atom is 0.243 e. The number of aliphatic imine (C=N–C) groups is 1. The Bertz CT molecular complexity index is 558. The van der Waals surface area contributed by atoms with Gasteiger partial charge in [-0.05, 0) is 30.5 Å². The van der Waals surface area contributed by atoms with E-state index in [1.165, 1.54) is 4.90 Å². The summed E-state index contributed by atoms with van der Waals surface area (Å²) in [7, 11) is 3.47. The van der Waals surface area contributed by atoms with E-state index in [0.717, 1.165) is 23.9 Å². The van der Waals surface area contributed by atoms with Crippen LogP contribution in [-0.2, 0) is 4.79 Å². The molecule has 0 saturated heterocycles. The second kappa shape index (κ2) is 14.7. The Labute approximate surface area is 187 Å². The van der Waals surface area contributed by atoms with E-state index in [9.17, 15) is 4.79 Å². The molecule has 2 N–H and O–H groups in total. The van der Waals surface area contributed by atoms with Gasteiger partial charge >= 0.3 is 0 Å². The summed E-state index contributed by atoms with van der Waals surface area (Å²) in [6.45, 7) is 3.84. The van der Waals surface area contributed by atoms with Gasteiger partial charge < -0.3 is 15.5 Å². The van der Waals surface area contributed by atoms with Crippen LogP contribution < -0.4 is 10.6 Å². The highest BCUT2D eigenvalue weighted by atomic mass is 127. The lowest BCUT2D eigenvalue weighted by Gasteiger charge is -2.16. The van der Waals surface area contributed by atoms with Gasteiger partial charge in [-0.25, -0.2) is 4.99 Å². The number of guanidine groups is 1. The van der Waals surface area contributed by atoms with Gasteiger partial charge in [0.25, 0.3) is 0 Å². The molecule has 5 nitrogen and oxygen atoms in total. The van der Waals surface area contributed by atoms with Crippen LogP contribution in [0.25, 0.3) is 0 Å². The molecular weight excluding hydrogens is 503 g/mol. The van der Waals surface area contributed by atoms with Crippen molar-refractivity contribution in [2.24, 2.45) is 4.99 Å². The number of nitrogens with zero attached hydrogens (tertiary/aromatic N) is 2. The average molecular weight is 531 g/mol. The molecule has 148 valence electrons. The average Bonchev–Trinajstić information content (AvgIpc) is 2.60. The van der Waals surface area contributed by atoms with Crippen molar-refractivity contribution in [2.45, 2.75) is 17.1 Å². The van der Waals surface area contributed by atoms with Crippen LogP contribution in [-0.4, -0.2) is 67.8 Å². The molecule has 1 rings (SSSR count). The zero-order chi connectivity index (χ0) is 18.7. The molecular formula is C17H28ClIN4OS2. The monoisotopic (exact) mass is 530 g/mol. The highest BCUT2D eigenvalue weighted by Crippen LogP contribution is 2.19. The first kappa shape index (κ1) is 25.7. The Morgan fingerprint density at radius 2 is 1.92 bits per heavy atom. The Morgan fingerprint density at radius 3 is 2.50 bits per heavy atom. The highest BCUT2D eigenvalue weighted by Gasteiger charge is 2.06. The summed E-state index contributed by atoms with van der Waals surface area (Å²) in [5.74, 6) is 1.55. The molecule has 0 heterocycles. The predicted octanol–water partition coefficient (Wildman–Crippen LogP) is 3.43. The van der Waals surface area contributed by atoms with Crippen molar-refractivity contribution in [3.8, 4) is 0 Å². The molecule has 0 aliphatic heterocycles. The fraction of sp³-hybridized carbons (Fsp3) is 0.529. The minimum Gasteiger partial charge on any atom is -0.356 e. The molecule has 0 aliphatic rings. The summed E-state index contributed by atoms with van der Waals surface area (Å²) >= 11 is 9.42. The molecule has 0 bridgehead atoms. The number of rotatable bonds is 9. The van der Waals surface area contributed by atoms with Gasteiger partial charge in [0.15, 0.2) is 5.96 Å². The van der Waals surface area contributed by atoms with Crippen molar-refractivity contribution < 1.29 is 4.79 Å². The summed E-state index contributed by atoms with van der Waals surface area (Å²) in [5, 5.41) is 7.80. The van der Waals surface area contributed by atoms with E-state index in [1.807, 2.05) is 24.3 Å². The normalized spacial score (nSPS) is 12.1. The molecule has 1 amide bonds. The molecule has 9 heteroatoms. The third-order valence-corrected chi connectivity index (χ3v) is 5.54. The van der Waals surface area contributed by atoms with Gasteiger partial charge in [-0.1, -0.05) is 18.5 Å². The Kier molecular flexibility index (Phi) is 14.5. The van der Waals surface area contributed by atoms with Crippen molar-refractivity contribution in [3.63, 3.8) is 0 Å². The minimum atomic E-state index is -0.0189. The molecule has 0 spiro atoms. The fourth-order valence-corrected chi connectivity index (χ4v) is 2.80. The number of thioether (sulfide) groups is 2. The van der Waals surface area contributed by atoms with Crippen LogP contribution in [0.15, 0.2) is 34.2 Å². The van der Waals surface area contributed by atoms with E-state index in [1.54, 1.807) is 42.5 Å². The summed E-state index contributed by atoms with van der Waals surface area (Å²) in [4.78, 5) is 18.8. The first-order valence-electron chi connectivity index (χ1n) is 8.06. The second-order valence-electron chi connectivity index (χ2n) is 5.61. The van der Waals surface area contributed by atoms with Crippen molar-refractivity contribution in [2.75, 3.05) is 45.7 Å². The molecule has 0 radical (unpaired) electrons. The Hall–Kier alpha value is -0.320. The van der Waals surface area contributed by atoms with Crippen molar-refractivity contribution in [1.82, 2.24) is 15.5 Å². The summed E-state index contributed by atoms with van der Waals surface area (Å²) in [6.07, 6.45) is 2.08. The SMILES string of the molecule is CSC(C)CNC(=NCC(=O)N(C)C)NCCSc1ccc(Cl)cc1.I. The zero-order valence-electron chi connectivity index (χ0n) is 15.6. The summed E-state index contributed by atoms with van der Waals surface area (Å²) in [6, 6.07) is 7.80. The topological polar surface area (TPSA) is 56.7 Å². The first-order valence-corrected chi connectivity index (χ1v) is 10.7. The quantitative estimate of drug-likeness (QED) is 0.168. The van der Waals surface area contributed by atoms with E-state index >= 15 is 0 Å². The molecule has 0 aliphatic carbocycles. The van der Waals surface area contributed by atoms with Crippen LogP contribution in [0.5, 0.6) is 0 Å². The lowest BCUT2D eigenvalue weighted by Crippen LogP contribution is -2.41. The molecule has 0 saturated carbocycles. The minimum absolute atomic E-state index is 0. The van der Waals surface area contributed by atoms with Crippen LogP contribution in [0.1, 0.15) is 6.92 Å². The summed E-state index contributed by atoms with van der Waals surface area (Å²) in [5.41, 5.74) is 0. The van der Waals surface area contributed by atoms with Gasteiger partial charge in [-0.2, -0.15) is 11.8 Å². The number of benzene rings is 1. The highest BCUT2D eigenvalue weighted by molar-refractivity contribution is 14.0. The van der Waals surface area contributed by atoms with Crippen LogP contribution in [0.2, 0.25) is 5.02 Å². The number of hydrogen-bond acceptors (Lipinski definition) is 4. The predicted molar refractivity (Wildman–Crippen MR) is 128 cm³/mol. The Morgan fingerprint density at radius 1 is 1.27 bits per heavy atom. The van der Waals surface area contributed by atoms with E-state index in [0.29, 0.717) is 11.2 Å². The number of hydrogen-bond donors (Lipinski definition) is 2.